The maximum absolute atomic E-state index is 4.19. The van der Waals surface area contributed by atoms with Gasteiger partial charge in [0.05, 0.1) is 5.69 Å². The van der Waals surface area contributed by atoms with Crippen molar-refractivity contribution in [2.45, 2.75) is 26.4 Å². The van der Waals surface area contributed by atoms with Crippen molar-refractivity contribution in [2.75, 3.05) is 19.6 Å². The summed E-state index contributed by atoms with van der Waals surface area (Å²) in [4.78, 5) is 6.51. The Labute approximate surface area is 131 Å². The van der Waals surface area contributed by atoms with Gasteiger partial charge in [0.2, 0.25) is 0 Å². The van der Waals surface area contributed by atoms with Crippen LogP contribution in [-0.4, -0.2) is 45.3 Å². The molecule has 1 saturated heterocycles. The van der Waals surface area contributed by atoms with Crippen LogP contribution in [0.2, 0.25) is 0 Å². The van der Waals surface area contributed by atoms with E-state index in [2.05, 4.69) is 52.3 Å². The molecule has 1 aliphatic heterocycles. The molecule has 1 aliphatic rings. The first kappa shape index (κ1) is 15.9. The zero-order valence-corrected chi connectivity index (χ0v) is 13.3. The quantitative estimate of drug-likeness (QED) is 0.939. The van der Waals surface area contributed by atoms with Crippen molar-refractivity contribution < 1.29 is 0 Å². The molecule has 0 radical (unpaired) electrons. The normalized spacial score (nSPS) is 19.2. The molecule has 3 rings (SSSR count). The van der Waals surface area contributed by atoms with Gasteiger partial charge in [-0.1, -0.05) is 12.1 Å². The van der Waals surface area contributed by atoms with Gasteiger partial charge in [-0.15, -0.1) is 12.4 Å². The van der Waals surface area contributed by atoms with E-state index in [-0.39, 0.29) is 12.4 Å². The molecule has 5 nitrogen and oxygen atoms in total. The first-order valence-electron chi connectivity index (χ1n) is 7.12. The Hall–Kier alpha value is -1.43. The fourth-order valence-electron chi connectivity index (χ4n) is 2.82. The molecule has 0 bridgehead atoms. The average Bonchev–Trinajstić information content (AvgIpc) is 2.92. The highest BCUT2D eigenvalue weighted by Crippen LogP contribution is 2.16. The topological polar surface area (TPSA) is 46.0 Å². The first-order valence-corrected chi connectivity index (χ1v) is 7.12. The average molecular weight is 308 g/mol. The maximum atomic E-state index is 4.19. The number of aromatic nitrogens is 3. The molecule has 0 unspecified atom stereocenters. The molecule has 1 aromatic carbocycles. The fourth-order valence-corrected chi connectivity index (χ4v) is 2.82. The lowest BCUT2D eigenvalue weighted by molar-refractivity contribution is 0.199. The second-order valence-corrected chi connectivity index (χ2v) is 5.55. The lowest BCUT2D eigenvalue weighted by atomic mass is 10.1. The number of aryl methyl sites for hydroxylation is 1. The van der Waals surface area contributed by atoms with Crippen molar-refractivity contribution in [1.29, 1.82) is 0 Å². The van der Waals surface area contributed by atoms with Crippen molar-refractivity contribution in [2.24, 2.45) is 0 Å². The second kappa shape index (κ2) is 7.02. The van der Waals surface area contributed by atoms with E-state index in [0.717, 1.165) is 31.9 Å². The van der Waals surface area contributed by atoms with Crippen LogP contribution >= 0.6 is 12.4 Å². The van der Waals surface area contributed by atoms with E-state index < -0.39 is 0 Å². The number of piperazine rings is 1. The van der Waals surface area contributed by atoms with E-state index in [0.29, 0.717) is 6.04 Å². The number of hydrogen-bond acceptors (Lipinski definition) is 4. The number of nitrogens with zero attached hydrogens (tertiary/aromatic N) is 4. The van der Waals surface area contributed by atoms with Crippen LogP contribution in [0.4, 0.5) is 0 Å². The molecule has 0 saturated carbocycles. The second-order valence-electron chi connectivity index (χ2n) is 5.55. The largest absolute Gasteiger partial charge is 0.312 e. The van der Waals surface area contributed by atoms with Crippen LogP contribution in [0.25, 0.3) is 5.69 Å². The van der Waals surface area contributed by atoms with Crippen molar-refractivity contribution in [3.05, 3.63) is 42.0 Å². The number of rotatable bonds is 3. The molecular formula is C15H22ClN5. The van der Waals surface area contributed by atoms with Crippen LogP contribution in [0.5, 0.6) is 0 Å². The summed E-state index contributed by atoms with van der Waals surface area (Å²) in [6, 6.07) is 7.16. The molecule has 114 valence electrons. The summed E-state index contributed by atoms with van der Waals surface area (Å²) in [5, 5.41) is 7.67. The molecule has 0 amide bonds. The van der Waals surface area contributed by atoms with E-state index in [1.807, 2.05) is 4.68 Å². The van der Waals surface area contributed by atoms with Gasteiger partial charge < -0.3 is 5.32 Å². The highest BCUT2D eigenvalue weighted by atomic mass is 35.5. The van der Waals surface area contributed by atoms with Crippen LogP contribution in [-0.2, 0) is 6.54 Å². The van der Waals surface area contributed by atoms with Crippen LogP contribution in [0, 0.1) is 6.92 Å². The molecule has 2 aromatic rings. The monoisotopic (exact) mass is 307 g/mol. The van der Waals surface area contributed by atoms with Gasteiger partial charge in [0, 0.05) is 32.2 Å². The van der Waals surface area contributed by atoms with Crippen LogP contribution < -0.4 is 5.32 Å². The highest BCUT2D eigenvalue weighted by Gasteiger charge is 2.15. The lowest BCUT2D eigenvalue weighted by Gasteiger charge is -2.31. The Morgan fingerprint density at radius 1 is 1.38 bits per heavy atom. The van der Waals surface area contributed by atoms with Gasteiger partial charge in [0.15, 0.2) is 0 Å². The van der Waals surface area contributed by atoms with Crippen molar-refractivity contribution >= 4 is 12.4 Å². The third-order valence-corrected chi connectivity index (χ3v) is 3.79. The Morgan fingerprint density at radius 2 is 2.24 bits per heavy atom. The van der Waals surface area contributed by atoms with Crippen molar-refractivity contribution in [3.63, 3.8) is 0 Å². The summed E-state index contributed by atoms with van der Waals surface area (Å²) in [7, 11) is 0. The summed E-state index contributed by atoms with van der Waals surface area (Å²) < 4.78 is 1.81. The van der Waals surface area contributed by atoms with Gasteiger partial charge in [-0.2, -0.15) is 5.10 Å². The van der Waals surface area contributed by atoms with E-state index >= 15 is 0 Å². The number of benzene rings is 1. The van der Waals surface area contributed by atoms with Crippen LogP contribution in [0.1, 0.15) is 18.1 Å². The van der Waals surface area contributed by atoms with Crippen molar-refractivity contribution in [3.8, 4) is 5.69 Å². The van der Waals surface area contributed by atoms with E-state index in [4.69, 9.17) is 0 Å². The van der Waals surface area contributed by atoms with Gasteiger partial charge >= 0.3 is 0 Å². The predicted molar refractivity (Wildman–Crippen MR) is 86.1 cm³/mol. The molecule has 0 spiro atoms. The Bertz CT molecular complexity index is 569. The molecular weight excluding hydrogens is 286 g/mol. The zero-order chi connectivity index (χ0) is 13.9. The third-order valence-electron chi connectivity index (χ3n) is 3.79. The zero-order valence-electron chi connectivity index (χ0n) is 12.5. The highest BCUT2D eigenvalue weighted by molar-refractivity contribution is 5.85. The Kier molecular flexibility index (Phi) is 5.33. The summed E-state index contributed by atoms with van der Waals surface area (Å²) in [6.45, 7) is 8.70. The van der Waals surface area contributed by atoms with Gasteiger partial charge in [-0.25, -0.2) is 9.67 Å². The minimum absolute atomic E-state index is 0. The summed E-state index contributed by atoms with van der Waals surface area (Å²) in [6.07, 6.45) is 3.30. The van der Waals surface area contributed by atoms with E-state index in [9.17, 15) is 0 Å². The van der Waals surface area contributed by atoms with E-state index in [1.165, 1.54) is 11.1 Å². The molecule has 1 aromatic heterocycles. The smallest absolute Gasteiger partial charge is 0.138 e. The molecule has 0 aliphatic carbocycles. The number of halogens is 1. The molecule has 1 atom stereocenters. The lowest BCUT2D eigenvalue weighted by Crippen LogP contribution is -2.48. The van der Waals surface area contributed by atoms with E-state index in [1.54, 1.807) is 12.7 Å². The molecule has 1 fully saturated rings. The van der Waals surface area contributed by atoms with Gasteiger partial charge in [0.25, 0.3) is 0 Å². The number of hydrogen-bond donors (Lipinski definition) is 1. The molecule has 21 heavy (non-hydrogen) atoms. The number of nitrogens with one attached hydrogen (secondary N) is 1. The summed E-state index contributed by atoms with van der Waals surface area (Å²) in [5.41, 5.74) is 3.69. The van der Waals surface area contributed by atoms with Crippen LogP contribution in [0.3, 0.4) is 0 Å². The summed E-state index contributed by atoms with van der Waals surface area (Å²) in [5.74, 6) is 0. The maximum Gasteiger partial charge on any atom is 0.138 e. The SMILES string of the molecule is Cc1cc(CN2CCN[C@H](C)C2)ccc1-n1cncn1.Cl. The first-order chi connectivity index (χ1) is 9.72. The molecule has 1 N–H and O–H groups in total. The molecule has 2 heterocycles. The standard InChI is InChI=1S/C15H21N5.ClH/c1-12-7-14(9-19-6-5-17-13(2)8-19)3-4-15(12)20-11-16-10-18-20;/h3-4,7,10-11,13,17H,5-6,8-9H2,1-2H3;1H/t13-;/m1./s1. The van der Waals surface area contributed by atoms with Gasteiger partial charge in [0.1, 0.15) is 12.7 Å². The summed E-state index contributed by atoms with van der Waals surface area (Å²) >= 11 is 0. The van der Waals surface area contributed by atoms with Gasteiger partial charge in [-0.3, -0.25) is 4.90 Å². The minimum atomic E-state index is 0. The van der Waals surface area contributed by atoms with Crippen LogP contribution in [0.15, 0.2) is 30.9 Å². The fraction of sp³-hybridized carbons (Fsp3) is 0.467. The molecule has 6 heteroatoms. The van der Waals surface area contributed by atoms with Gasteiger partial charge in [-0.05, 0) is 31.0 Å². The third kappa shape index (κ3) is 3.81. The Balaban J connectivity index is 0.00000161. The minimum Gasteiger partial charge on any atom is -0.312 e. The predicted octanol–water partition coefficient (Wildman–Crippen LogP) is 1.79. The Morgan fingerprint density at radius 3 is 2.90 bits per heavy atom. The van der Waals surface area contributed by atoms with Crippen molar-refractivity contribution in [1.82, 2.24) is 25.0 Å².